The predicted octanol–water partition coefficient (Wildman–Crippen LogP) is 0.0946. The van der Waals surface area contributed by atoms with Gasteiger partial charge in [0.25, 0.3) is 0 Å². The quantitative estimate of drug-likeness (QED) is 0.488. The SMILES string of the molecule is CCN(C)c1nc(NN)nc2[nH]ncc12. The molecule has 0 fully saturated rings. The van der Waals surface area contributed by atoms with E-state index < -0.39 is 0 Å². The summed E-state index contributed by atoms with van der Waals surface area (Å²) in [7, 11) is 1.95. The van der Waals surface area contributed by atoms with Gasteiger partial charge in [0.15, 0.2) is 5.65 Å². The Morgan fingerprint density at radius 1 is 1.53 bits per heavy atom. The van der Waals surface area contributed by atoms with Gasteiger partial charge in [-0.15, -0.1) is 0 Å². The van der Waals surface area contributed by atoms with E-state index in [1.807, 2.05) is 18.9 Å². The van der Waals surface area contributed by atoms with Crippen molar-refractivity contribution in [1.82, 2.24) is 20.2 Å². The second-order valence-corrected chi connectivity index (χ2v) is 3.16. The highest BCUT2D eigenvalue weighted by atomic mass is 15.3. The van der Waals surface area contributed by atoms with Gasteiger partial charge in [0.05, 0.1) is 11.6 Å². The molecular formula is C8H13N7. The summed E-state index contributed by atoms with van der Waals surface area (Å²) in [6, 6.07) is 0. The lowest BCUT2D eigenvalue weighted by atomic mass is 10.3. The van der Waals surface area contributed by atoms with Crippen molar-refractivity contribution in [2.45, 2.75) is 6.92 Å². The standard InChI is InChI=1S/C8H13N7/c1-3-15(2)7-5-4-10-14-6(5)11-8(12-7)13-9/h4H,3,9H2,1-2H3,(H2,10,11,12,13,14). The van der Waals surface area contributed by atoms with Crippen LogP contribution in [0.5, 0.6) is 0 Å². The van der Waals surface area contributed by atoms with Crippen LogP contribution in [0.4, 0.5) is 11.8 Å². The first-order valence-corrected chi connectivity index (χ1v) is 4.65. The van der Waals surface area contributed by atoms with Crippen LogP contribution in [0.15, 0.2) is 6.20 Å². The van der Waals surface area contributed by atoms with Gasteiger partial charge in [0.2, 0.25) is 5.95 Å². The van der Waals surface area contributed by atoms with Gasteiger partial charge in [-0.1, -0.05) is 0 Å². The molecule has 0 bridgehead atoms. The first-order chi connectivity index (χ1) is 7.26. The fraction of sp³-hybridized carbons (Fsp3) is 0.375. The van der Waals surface area contributed by atoms with E-state index in [0.29, 0.717) is 11.6 Å². The summed E-state index contributed by atoms with van der Waals surface area (Å²) in [4.78, 5) is 10.4. The molecule has 2 heterocycles. The van der Waals surface area contributed by atoms with Crippen molar-refractivity contribution >= 4 is 22.8 Å². The van der Waals surface area contributed by atoms with E-state index in [0.717, 1.165) is 17.7 Å². The maximum atomic E-state index is 5.29. The van der Waals surface area contributed by atoms with E-state index in [1.54, 1.807) is 6.20 Å². The Morgan fingerprint density at radius 3 is 3.00 bits per heavy atom. The molecule has 0 saturated heterocycles. The van der Waals surface area contributed by atoms with Crippen LogP contribution < -0.4 is 16.2 Å². The summed E-state index contributed by atoms with van der Waals surface area (Å²) in [5.74, 6) is 6.48. The third kappa shape index (κ3) is 1.57. The highest BCUT2D eigenvalue weighted by Gasteiger charge is 2.11. The summed E-state index contributed by atoms with van der Waals surface area (Å²) in [6.45, 7) is 2.89. The van der Waals surface area contributed by atoms with Gasteiger partial charge in [0, 0.05) is 13.6 Å². The topological polar surface area (TPSA) is 95.8 Å². The molecule has 0 spiro atoms. The number of hydrogen-bond acceptors (Lipinski definition) is 6. The van der Waals surface area contributed by atoms with Gasteiger partial charge in [-0.05, 0) is 6.92 Å². The van der Waals surface area contributed by atoms with E-state index in [9.17, 15) is 0 Å². The van der Waals surface area contributed by atoms with Crippen molar-refractivity contribution < 1.29 is 0 Å². The number of hydrazine groups is 1. The summed E-state index contributed by atoms with van der Waals surface area (Å²) < 4.78 is 0. The van der Waals surface area contributed by atoms with Crippen molar-refractivity contribution in [2.75, 3.05) is 23.9 Å². The van der Waals surface area contributed by atoms with Crippen molar-refractivity contribution in [1.29, 1.82) is 0 Å². The first kappa shape index (κ1) is 9.66. The summed E-state index contributed by atoms with van der Waals surface area (Å²) in [5.41, 5.74) is 3.11. The van der Waals surface area contributed by atoms with Crippen LogP contribution in [0.3, 0.4) is 0 Å². The average molecular weight is 207 g/mol. The van der Waals surface area contributed by atoms with Crippen LogP contribution in [0.1, 0.15) is 6.92 Å². The molecule has 2 aromatic heterocycles. The molecule has 4 N–H and O–H groups in total. The number of nitrogens with two attached hydrogens (primary N) is 1. The van der Waals surface area contributed by atoms with Crippen LogP contribution >= 0.6 is 0 Å². The Balaban J connectivity index is 2.63. The van der Waals surface area contributed by atoms with Crippen molar-refractivity contribution in [3.8, 4) is 0 Å². The van der Waals surface area contributed by atoms with E-state index in [4.69, 9.17) is 5.84 Å². The number of aromatic nitrogens is 4. The van der Waals surface area contributed by atoms with Crippen LogP contribution in [-0.4, -0.2) is 33.8 Å². The maximum Gasteiger partial charge on any atom is 0.241 e. The van der Waals surface area contributed by atoms with Gasteiger partial charge in [-0.2, -0.15) is 15.1 Å². The molecule has 2 aromatic rings. The minimum absolute atomic E-state index is 0.377. The average Bonchev–Trinajstić information content (AvgIpc) is 2.74. The Kier molecular flexibility index (Phi) is 2.38. The highest BCUT2D eigenvalue weighted by Crippen LogP contribution is 2.22. The summed E-state index contributed by atoms with van der Waals surface area (Å²) >= 11 is 0. The molecule has 15 heavy (non-hydrogen) atoms. The van der Waals surface area contributed by atoms with Crippen molar-refractivity contribution in [3.63, 3.8) is 0 Å². The Morgan fingerprint density at radius 2 is 2.33 bits per heavy atom. The molecule has 2 rings (SSSR count). The Hall–Kier alpha value is -1.89. The lowest BCUT2D eigenvalue weighted by Gasteiger charge is -2.16. The molecule has 0 aromatic carbocycles. The number of hydrogen-bond donors (Lipinski definition) is 3. The van der Waals surface area contributed by atoms with Crippen LogP contribution in [0.25, 0.3) is 11.0 Å². The number of nitrogens with one attached hydrogen (secondary N) is 2. The normalized spacial score (nSPS) is 10.6. The molecule has 0 aliphatic rings. The smallest absolute Gasteiger partial charge is 0.241 e. The molecule has 7 nitrogen and oxygen atoms in total. The molecule has 0 aliphatic heterocycles. The molecule has 80 valence electrons. The van der Waals surface area contributed by atoms with Gasteiger partial charge in [0.1, 0.15) is 5.82 Å². The van der Waals surface area contributed by atoms with E-state index in [2.05, 4.69) is 25.6 Å². The fourth-order valence-corrected chi connectivity index (χ4v) is 1.32. The lowest BCUT2D eigenvalue weighted by Crippen LogP contribution is -2.19. The van der Waals surface area contributed by atoms with Gasteiger partial charge in [-0.25, -0.2) is 5.84 Å². The van der Waals surface area contributed by atoms with Crippen LogP contribution in [0.2, 0.25) is 0 Å². The zero-order valence-corrected chi connectivity index (χ0v) is 8.65. The molecular weight excluding hydrogens is 194 g/mol. The van der Waals surface area contributed by atoms with E-state index >= 15 is 0 Å². The Labute approximate surface area is 86.7 Å². The first-order valence-electron chi connectivity index (χ1n) is 4.65. The number of H-pyrrole nitrogens is 1. The Bertz CT molecular complexity index is 463. The monoisotopic (exact) mass is 207 g/mol. The molecule has 0 radical (unpaired) electrons. The van der Waals surface area contributed by atoms with E-state index in [-0.39, 0.29) is 0 Å². The van der Waals surface area contributed by atoms with Gasteiger partial charge in [-0.3, -0.25) is 10.5 Å². The number of fused-ring (bicyclic) bond motifs is 1. The minimum Gasteiger partial charge on any atom is -0.359 e. The number of nitrogen functional groups attached to an aromatic ring is 1. The second kappa shape index (κ2) is 3.70. The zero-order valence-electron chi connectivity index (χ0n) is 8.65. The number of nitrogens with zero attached hydrogens (tertiary/aromatic N) is 4. The largest absolute Gasteiger partial charge is 0.359 e. The summed E-state index contributed by atoms with van der Waals surface area (Å²) in [6.07, 6.45) is 1.71. The van der Waals surface area contributed by atoms with Crippen molar-refractivity contribution in [3.05, 3.63) is 6.20 Å². The van der Waals surface area contributed by atoms with Crippen molar-refractivity contribution in [2.24, 2.45) is 5.84 Å². The third-order valence-electron chi connectivity index (χ3n) is 2.25. The molecule has 0 atom stereocenters. The molecule has 0 amide bonds. The predicted molar refractivity (Wildman–Crippen MR) is 58.4 cm³/mol. The zero-order chi connectivity index (χ0) is 10.8. The van der Waals surface area contributed by atoms with Crippen LogP contribution in [-0.2, 0) is 0 Å². The van der Waals surface area contributed by atoms with Gasteiger partial charge < -0.3 is 4.90 Å². The number of aromatic amines is 1. The van der Waals surface area contributed by atoms with Crippen LogP contribution in [0, 0.1) is 0 Å². The number of anilines is 2. The minimum atomic E-state index is 0.377. The molecule has 0 saturated carbocycles. The maximum absolute atomic E-state index is 5.29. The summed E-state index contributed by atoms with van der Waals surface area (Å²) in [5, 5.41) is 7.61. The number of rotatable bonds is 3. The second-order valence-electron chi connectivity index (χ2n) is 3.16. The lowest BCUT2D eigenvalue weighted by molar-refractivity contribution is 0.939. The van der Waals surface area contributed by atoms with E-state index in [1.165, 1.54) is 0 Å². The molecule has 7 heteroatoms. The third-order valence-corrected chi connectivity index (χ3v) is 2.25. The molecule has 0 unspecified atom stereocenters. The molecule has 0 aliphatic carbocycles. The highest BCUT2D eigenvalue weighted by molar-refractivity contribution is 5.87. The fourth-order valence-electron chi connectivity index (χ4n) is 1.32. The van der Waals surface area contributed by atoms with Gasteiger partial charge >= 0.3 is 0 Å².